The van der Waals surface area contributed by atoms with Crippen LogP contribution in [0.25, 0.3) is 0 Å². The van der Waals surface area contributed by atoms with Gasteiger partial charge in [0.05, 0.1) is 5.38 Å². The molecule has 0 bridgehead atoms. The van der Waals surface area contributed by atoms with Crippen molar-refractivity contribution in [3.05, 3.63) is 41.7 Å². The number of alkyl halides is 1. The van der Waals surface area contributed by atoms with Gasteiger partial charge in [-0.1, -0.05) is 0 Å². The van der Waals surface area contributed by atoms with Crippen LogP contribution >= 0.6 is 11.6 Å². The number of hydrogen-bond donors (Lipinski definition) is 1. The lowest BCUT2D eigenvalue weighted by Crippen LogP contribution is -1.91. The molecular formula is C10H11ClN4. The Bertz CT molecular complexity index is 424. The van der Waals surface area contributed by atoms with Gasteiger partial charge in [-0.3, -0.25) is 10.1 Å². The van der Waals surface area contributed by atoms with Crippen LogP contribution in [0.2, 0.25) is 0 Å². The lowest BCUT2D eigenvalue weighted by molar-refractivity contribution is 0.917. The van der Waals surface area contributed by atoms with Crippen LogP contribution in [0.3, 0.4) is 0 Å². The van der Waals surface area contributed by atoms with Crippen LogP contribution in [0, 0.1) is 0 Å². The first-order valence-electron chi connectivity index (χ1n) is 4.70. The van der Waals surface area contributed by atoms with Gasteiger partial charge in [-0.05, 0) is 24.6 Å². The Morgan fingerprint density at radius 2 is 2.13 bits per heavy atom. The van der Waals surface area contributed by atoms with Crippen molar-refractivity contribution in [3.63, 3.8) is 0 Å². The average molecular weight is 223 g/mol. The van der Waals surface area contributed by atoms with E-state index in [1.165, 1.54) is 0 Å². The summed E-state index contributed by atoms with van der Waals surface area (Å²) in [6.45, 7) is 1.85. The number of nitrogens with one attached hydrogen (secondary N) is 1. The molecule has 0 aliphatic carbocycles. The van der Waals surface area contributed by atoms with Gasteiger partial charge < -0.3 is 0 Å². The number of H-pyrrole nitrogens is 1. The van der Waals surface area contributed by atoms with Crippen LogP contribution in [-0.2, 0) is 6.42 Å². The van der Waals surface area contributed by atoms with Crippen LogP contribution in [0.5, 0.6) is 0 Å². The van der Waals surface area contributed by atoms with Crippen LogP contribution < -0.4 is 0 Å². The Kier molecular flexibility index (Phi) is 2.97. The molecule has 2 heterocycles. The van der Waals surface area contributed by atoms with Gasteiger partial charge in [-0.2, -0.15) is 5.10 Å². The van der Waals surface area contributed by atoms with E-state index in [1.54, 1.807) is 12.4 Å². The highest BCUT2D eigenvalue weighted by atomic mass is 35.5. The van der Waals surface area contributed by atoms with Crippen molar-refractivity contribution < 1.29 is 0 Å². The molecule has 15 heavy (non-hydrogen) atoms. The highest BCUT2D eigenvalue weighted by Gasteiger charge is 2.08. The van der Waals surface area contributed by atoms with E-state index in [1.807, 2.05) is 19.1 Å². The van der Waals surface area contributed by atoms with Gasteiger partial charge in [-0.15, -0.1) is 11.6 Å². The molecular weight excluding hydrogens is 212 g/mol. The average Bonchev–Trinajstić information content (AvgIpc) is 2.68. The molecule has 0 saturated carbocycles. The number of halogens is 1. The Balaban J connectivity index is 2.12. The molecule has 0 radical (unpaired) electrons. The highest BCUT2D eigenvalue weighted by Crippen LogP contribution is 2.14. The smallest absolute Gasteiger partial charge is 0.168 e. The monoisotopic (exact) mass is 222 g/mol. The van der Waals surface area contributed by atoms with E-state index in [-0.39, 0.29) is 5.38 Å². The Morgan fingerprint density at radius 1 is 1.40 bits per heavy atom. The van der Waals surface area contributed by atoms with Crippen LogP contribution in [-0.4, -0.2) is 20.2 Å². The summed E-state index contributed by atoms with van der Waals surface area (Å²) in [6, 6.07) is 3.90. The third-order valence-electron chi connectivity index (χ3n) is 2.03. The summed E-state index contributed by atoms with van der Waals surface area (Å²) in [5, 5.41) is 6.74. The number of nitrogens with zero attached hydrogens (tertiary/aromatic N) is 3. The number of aromatic amines is 1. The predicted molar refractivity (Wildman–Crippen MR) is 57.7 cm³/mol. The standard InChI is InChI=1S/C10H11ClN4/c1-7(11)10-13-9(14-15-10)6-8-2-4-12-5-3-8/h2-5,7H,6H2,1H3,(H,13,14,15). The molecule has 78 valence electrons. The van der Waals surface area contributed by atoms with Gasteiger partial charge in [0.2, 0.25) is 0 Å². The summed E-state index contributed by atoms with van der Waals surface area (Å²) in [7, 11) is 0. The fraction of sp³-hybridized carbons (Fsp3) is 0.300. The molecule has 1 N–H and O–H groups in total. The second-order valence-corrected chi connectivity index (χ2v) is 3.94. The maximum absolute atomic E-state index is 5.86. The molecule has 0 fully saturated rings. The van der Waals surface area contributed by atoms with Crippen molar-refractivity contribution in [2.75, 3.05) is 0 Å². The van der Waals surface area contributed by atoms with E-state index < -0.39 is 0 Å². The molecule has 0 amide bonds. The first-order valence-corrected chi connectivity index (χ1v) is 5.13. The molecule has 0 saturated heterocycles. The van der Waals surface area contributed by atoms with Crippen LogP contribution in [0.4, 0.5) is 0 Å². The quantitative estimate of drug-likeness (QED) is 0.810. The SMILES string of the molecule is CC(Cl)c1n[nH]c(Cc2ccncc2)n1. The van der Waals surface area contributed by atoms with E-state index in [0.717, 1.165) is 17.8 Å². The third kappa shape index (κ3) is 2.53. The van der Waals surface area contributed by atoms with Crippen molar-refractivity contribution in [3.8, 4) is 0 Å². The molecule has 2 rings (SSSR count). The number of pyridine rings is 1. The zero-order valence-electron chi connectivity index (χ0n) is 8.31. The number of hydrogen-bond acceptors (Lipinski definition) is 3. The van der Waals surface area contributed by atoms with Crippen LogP contribution in [0.15, 0.2) is 24.5 Å². The Morgan fingerprint density at radius 3 is 2.73 bits per heavy atom. The topological polar surface area (TPSA) is 54.5 Å². The molecule has 1 atom stereocenters. The molecule has 0 aliphatic heterocycles. The normalized spacial score (nSPS) is 12.7. The summed E-state index contributed by atoms with van der Waals surface area (Å²) in [6.07, 6.45) is 4.24. The second-order valence-electron chi connectivity index (χ2n) is 3.29. The molecule has 2 aromatic rings. The van der Waals surface area contributed by atoms with Crippen molar-refractivity contribution >= 4 is 11.6 Å². The van der Waals surface area contributed by atoms with E-state index >= 15 is 0 Å². The van der Waals surface area contributed by atoms with Gasteiger partial charge in [0.25, 0.3) is 0 Å². The summed E-state index contributed by atoms with van der Waals surface area (Å²) in [5.74, 6) is 1.46. The first-order chi connectivity index (χ1) is 7.25. The minimum Gasteiger partial charge on any atom is -0.265 e. The summed E-state index contributed by atoms with van der Waals surface area (Å²) < 4.78 is 0. The second kappa shape index (κ2) is 4.40. The predicted octanol–water partition coefficient (Wildman–Crippen LogP) is 2.09. The molecule has 4 nitrogen and oxygen atoms in total. The van der Waals surface area contributed by atoms with Crippen molar-refractivity contribution in [1.29, 1.82) is 0 Å². The molecule has 0 spiro atoms. The van der Waals surface area contributed by atoms with Gasteiger partial charge in [0.1, 0.15) is 5.82 Å². The lowest BCUT2D eigenvalue weighted by atomic mass is 10.2. The van der Waals surface area contributed by atoms with Gasteiger partial charge in [0.15, 0.2) is 5.82 Å². The zero-order chi connectivity index (χ0) is 10.7. The van der Waals surface area contributed by atoms with Gasteiger partial charge in [0, 0.05) is 18.8 Å². The van der Waals surface area contributed by atoms with E-state index in [2.05, 4.69) is 20.2 Å². The van der Waals surface area contributed by atoms with E-state index in [4.69, 9.17) is 11.6 Å². The zero-order valence-corrected chi connectivity index (χ0v) is 9.07. The third-order valence-corrected chi connectivity index (χ3v) is 2.22. The van der Waals surface area contributed by atoms with Crippen molar-refractivity contribution in [1.82, 2.24) is 20.2 Å². The molecule has 1 unspecified atom stereocenters. The van der Waals surface area contributed by atoms with Crippen molar-refractivity contribution in [2.24, 2.45) is 0 Å². The van der Waals surface area contributed by atoms with Crippen molar-refractivity contribution in [2.45, 2.75) is 18.7 Å². The minimum atomic E-state index is -0.160. The molecule has 0 aromatic carbocycles. The van der Waals surface area contributed by atoms with E-state index in [0.29, 0.717) is 5.82 Å². The fourth-order valence-corrected chi connectivity index (χ4v) is 1.36. The summed E-state index contributed by atoms with van der Waals surface area (Å²) >= 11 is 5.86. The summed E-state index contributed by atoms with van der Waals surface area (Å²) in [5.41, 5.74) is 1.15. The molecule has 2 aromatic heterocycles. The largest absolute Gasteiger partial charge is 0.265 e. The fourth-order valence-electron chi connectivity index (χ4n) is 1.26. The Hall–Kier alpha value is -1.42. The van der Waals surface area contributed by atoms with Gasteiger partial charge >= 0.3 is 0 Å². The first kappa shape index (κ1) is 10.1. The molecule has 0 aliphatic rings. The lowest BCUT2D eigenvalue weighted by Gasteiger charge is -1.95. The molecule has 5 heteroatoms. The van der Waals surface area contributed by atoms with Crippen LogP contribution in [0.1, 0.15) is 29.5 Å². The van der Waals surface area contributed by atoms with Gasteiger partial charge in [-0.25, -0.2) is 4.98 Å². The minimum absolute atomic E-state index is 0.160. The number of rotatable bonds is 3. The number of aromatic nitrogens is 4. The maximum atomic E-state index is 5.86. The van der Waals surface area contributed by atoms with E-state index in [9.17, 15) is 0 Å². The summed E-state index contributed by atoms with van der Waals surface area (Å²) in [4.78, 5) is 8.24. The highest BCUT2D eigenvalue weighted by molar-refractivity contribution is 6.20. The maximum Gasteiger partial charge on any atom is 0.168 e. The Labute approximate surface area is 92.7 Å².